The molecular formula is C20H18F3N3O5S. The SMILES string of the molecule is N#CCNC(=O)[C@H](CS(=O)(=O)Cc1ccc(OC(F)(F)F)cc1)NC(=O)c1ccccc1. The highest BCUT2D eigenvalue weighted by Crippen LogP contribution is 2.23. The lowest BCUT2D eigenvalue weighted by molar-refractivity contribution is -0.274. The molecule has 2 N–H and O–H groups in total. The Morgan fingerprint density at radius 1 is 1.06 bits per heavy atom. The van der Waals surface area contributed by atoms with Crippen LogP contribution in [0.25, 0.3) is 0 Å². The van der Waals surface area contributed by atoms with Gasteiger partial charge in [0, 0.05) is 5.56 Å². The maximum absolute atomic E-state index is 12.6. The molecule has 2 amide bonds. The van der Waals surface area contributed by atoms with Crippen LogP contribution >= 0.6 is 0 Å². The molecule has 2 rings (SSSR count). The van der Waals surface area contributed by atoms with Crippen LogP contribution in [0.5, 0.6) is 5.75 Å². The Bertz CT molecular complexity index is 1080. The Hall–Kier alpha value is -3.59. The number of nitrogens with one attached hydrogen (secondary N) is 2. The van der Waals surface area contributed by atoms with Gasteiger partial charge < -0.3 is 15.4 Å². The van der Waals surface area contributed by atoms with E-state index in [4.69, 9.17) is 5.26 Å². The molecule has 8 nitrogen and oxygen atoms in total. The van der Waals surface area contributed by atoms with Crippen molar-refractivity contribution in [3.8, 4) is 11.8 Å². The van der Waals surface area contributed by atoms with E-state index in [1.54, 1.807) is 24.3 Å². The number of carbonyl (C=O) groups excluding carboxylic acids is 2. The van der Waals surface area contributed by atoms with Crippen molar-refractivity contribution in [2.45, 2.75) is 18.2 Å². The largest absolute Gasteiger partial charge is 0.573 e. The van der Waals surface area contributed by atoms with Gasteiger partial charge in [0.1, 0.15) is 18.3 Å². The summed E-state index contributed by atoms with van der Waals surface area (Å²) in [6.45, 7) is -0.392. The van der Waals surface area contributed by atoms with Crippen molar-refractivity contribution in [3.63, 3.8) is 0 Å². The highest BCUT2D eigenvalue weighted by molar-refractivity contribution is 7.90. The molecule has 2 aromatic rings. The van der Waals surface area contributed by atoms with E-state index in [0.29, 0.717) is 0 Å². The van der Waals surface area contributed by atoms with Crippen LogP contribution in [0.3, 0.4) is 0 Å². The van der Waals surface area contributed by atoms with Gasteiger partial charge in [-0.1, -0.05) is 30.3 Å². The molecular weight excluding hydrogens is 451 g/mol. The predicted octanol–water partition coefficient (Wildman–Crippen LogP) is 1.94. The number of nitrogens with zero attached hydrogens (tertiary/aromatic N) is 1. The number of sulfone groups is 1. The number of ether oxygens (including phenoxy) is 1. The molecule has 12 heteroatoms. The molecule has 0 heterocycles. The average molecular weight is 469 g/mol. The van der Waals surface area contributed by atoms with Gasteiger partial charge in [-0.15, -0.1) is 13.2 Å². The predicted molar refractivity (Wildman–Crippen MR) is 107 cm³/mol. The summed E-state index contributed by atoms with van der Waals surface area (Å²) in [5, 5.41) is 13.2. The first-order valence-corrected chi connectivity index (χ1v) is 10.9. The van der Waals surface area contributed by atoms with E-state index in [1.165, 1.54) is 12.1 Å². The summed E-state index contributed by atoms with van der Waals surface area (Å²) in [5.41, 5.74) is 0.355. The molecule has 0 aliphatic carbocycles. The van der Waals surface area contributed by atoms with Gasteiger partial charge in [-0.25, -0.2) is 8.42 Å². The molecule has 0 spiro atoms. The van der Waals surface area contributed by atoms with Crippen LogP contribution < -0.4 is 15.4 Å². The van der Waals surface area contributed by atoms with Crippen LogP contribution in [0.2, 0.25) is 0 Å². The monoisotopic (exact) mass is 469 g/mol. The summed E-state index contributed by atoms with van der Waals surface area (Å²) >= 11 is 0. The lowest BCUT2D eigenvalue weighted by Gasteiger charge is -2.18. The molecule has 32 heavy (non-hydrogen) atoms. The molecule has 2 aromatic carbocycles. The molecule has 0 saturated heterocycles. The number of alkyl halides is 3. The van der Waals surface area contributed by atoms with Gasteiger partial charge in [-0.3, -0.25) is 9.59 Å². The van der Waals surface area contributed by atoms with E-state index in [9.17, 15) is 31.2 Å². The van der Waals surface area contributed by atoms with Gasteiger partial charge in [0.15, 0.2) is 9.84 Å². The van der Waals surface area contributed by atoms with E-state index in [2.05, 4.69) is 15.4 Å². The normalized spacial score (nSPS) is 12.3. The third kappa shape index (κ3) is 8.27. The lowest BCUT2D eigenvalue weighted by atomic mass is 10.2. The minimum absolute atomic E-state index is 0.157. The highest BCUT2D eigenvalue weighted by atomic mass is 32.2. The second kappa shape index (κ2) is 10.6. The average Bonchev–Trinajstić information content (AvgIpc) is 2.72. The summed E-state index contributed by atoms with van der Waals surface area (Å²) in [6, 6.07) is 12.2. The van der Waals surface area contributed by atoms with Crippen LogP contribution in [0.1, 0.15) is 15.9 Å². The molecule has 0 unspecified atom stereocenters. The Kier molecular flexibility index (Phi) is 8.20. The van der Waals surface area contributed by atoms with E-state index < -0.39 is 57.9 Å². The van der Waals surface area contributed by atoms with Crippen molar-refractivity contribution < 1.29 is 35.9 Å². The molecule has 170 valence electrons. The van der Waals surface area contributed by atoms with E-state index >= 15 is 0 Å². The number of carbonyl (C=O) groups is 2. The maximum atomic E-state index is 12.6. The second-order valence-corrected chi connectivity index (χ2v) is 8.62. The van der Waals surface area contributed by atoms with Gasteiger partial charge in [0.25, 0.3) is 5.91 Å². The Balaban J connectivity index is 2.13. The van der Waals surface area contributed by atoms with Gasteiger partial charge in [-0.05, 0) is 29.8 Å². The zero-order valence-electron chi connectivity index (χ0n) is 16.4. The number of amides is 2. The molecule has 0 bridgehead atoms. The third-order valence-corrected chi connectivity index (χ3v) is 5.58. The molecule has 0 fully saturated rings. The van der Waals surface area contributed by atoms with Crippen molar-refractivity contribution in [1.29, 1.82) is 5.26 Å². The number of benzene rings is 2. The Morgan fingerprint density at radius 3 is 2.25 bits per heavy atom. The number of rotatable bonds is 9. The Labute approximate surface area is 181 Å². The van der Waals surface area contributed by atoms with E-state index in [0.717, 1.165) is 24.3 Å². The van der Waals surface area contributed by atoms with Crippen LogP contribution in [-0.2, 0) is 20.4 Å². The van der Waals surface area contributed by atoms with Crippen molar-refractivity contribution in [3.05, 3.63) is 65.7 Å². The first kappa shape index (κ1) is 24.7. The Morgan fingerprint density at radius 2 is 1.69 bits per heavy atom. The summed E-state index contributed by atoms with van der Waals surface area (Å²) < 4.78 is 65.7. The van der Waals surface area contributed by atoms with Gasteiger partial charge in [-0.2, -0.15) is 5.26 Å². The molecule has 0 radical (unpaired) electrons. The lowest BCUT2D eigenvalue weighted by Crippen LogP contribution is -2.50. The fourth-order valence-electron chi connectivity index (χ4n) is 2.62. The second-order valence-electron chi connectivity index (χ2n) is 6.51. The van der Waals surface area contributed by atoms with Crippen molar-refractivity contribution in [1.82, 2.24) is 10.6 Å². The minimum atomic E-state index is -4.88. The fraction of sp³-hybridized carbons (Fsp3) is 0.250. The van der Waals surface area contributed by atoms with Crippen LogP contribution in [-0.4, -0.2) is 44.9 Å². The molecule has 0 aliphatic rings. The van der Waals surface area contributed by atoms with E-state index in [-0.39, 0.29) is 11.1 Å². The van der Waals surface area contributed by atoms with Gasteiger partial charge in [0.05, 0.1) is 17.6 Å². The van der Waals surface area contributed by atoms with Gasteiger partial charge in [0.2, 0.25) is 5.91 Å². The van der Waals surface area contributed by atoms with Crippen LogP contribution in [0.4, 0.5) is 13.2 Å². The topological polar surface area (TPSA) is 125 Å². The minimum Gasteiger partial charge on any atom is -0.406 e. The number of halogens is 3. The first-order valence-electron chi connectivity index (χ1n) is 9.05. The molecule has 1 atom stereocenters. The standard InChI is InChI=1S/C20H18F3N3O5S/c21-20(22,23)31-16-8-6-14(7-9-16)12-32(29,30)13-17(19(28)25-11-10-24)26-18(27)15-4-2-1-3-5-15/h1-9,17H,11-13H2,(H,25,28)(H,26,27)/t17-/m0/s1. The number of nitriles is 1. The molecule has 0 saturated carbocycles. The molecule has 0 aliphatic heterocycles. The summed E-state index contributed by atoms with van der Waals surface area (Å²) in [6.07, 6.45) is -4.88. The van der Waals surface area contributed by atoms with Crippen molar-refractivity contribution in [2.24, 2.45) is 0 Å². The summed E-state index contributed by atoms with van der Waals surface area (Å²) in [7, 11) is -4.00. The van der Waals surface area contributed by atoms with Crippen molar-refractivity contribution >= 4 is 21.7 Å². The highest BCUT2D eigenvalue weighted by Gasteiger charge is 2.31. The third-order valence-electron chi connectivity index (χ3n) is 3.96. The quantitative estimate of drug-likeness (QED) is 0.541. The van der Waals surface area contributed by atoms with E-state index in [1.807, 2.05) is 0 Å². The van der Waals surface area contributed by atoms with Crippen LogP contribution in [0, 0.1) is 11.3 Å². The smallest absolute Gasteiger partial charge is 0.406 e. The summed E-state index contributed by atoms with van der Waals surface area (Å²) in [4.78, 5) is 24.7. The fourth-order valence-corrected chi connectivity index (χ4v) is 4.18. The molecule has 0 aromatic heterocycles. The zero-order valence-corrected chi connectivity index (χ0v) is 17.2. The van der Waals surface area contributed by atoms with Crippen LogP contribution in [0.15, 0.2) is 54.6 Å². The number of hydrogen-bond donors (Lipinski definition) is 2. The van der Waals surface area contributed by atoms with Crippen molar-refractivity contribution in [2.75, 3.05) is 12.3 Å². The zero-order chi connectivity index (χ0) is 23.8. The summed E-state index contributed by atoms with van der Waals surface area (Å²) in [5.74, 6) is -3.45. The maximum Gasteiger partial charge on any atom is 0.573 e. The first-order chi connectivity index (χ1) is 15.0. The number of hydrogen-bond acceptors (Lipinski definition) is 6. The van der Waals surface area contributed by atoms with Gasteiger partial charge >= 0.3 is 6.36 Å².